The van der Waals surface area contributed by atoms with Crippen molar-refractivity contribution in [1.29, 1.82) is 0 Å². The van der Waals surface area contributed by atoms with Crippen LogP contribution in [0, 0.1) is 11.8 Å². The second-order valence-corrected chi connectivity index (χ2v) is 12.0. The molecule has 2 aliphatic heterocycles. The second kappa shape index (κ2) is 10.7. The molecule has 4 amide bonds. The number of nitrogens with zero attached hydrogens (tertiary/aromatic N) is 3. The molecular weight excluding hydrogens is 440 g/mol. The Morgan fingerprint density at radius 1 is 1.11 bits per heavy atom. The summed E-state index contributed by atoms with van der Waals surface area (Å²) in [5.74, 6) is 0.404. The van der Waals surface area contributed by atoms with E-state index in [0.29, 0.717) is 56.9 Å². The fourth-order valence-corrected chi connectivity index (χ4v) is 5.19. The maximum atomic E-state index is 13.7. The van der Waals surface area contributed by atoms with Crippen molar-refractivity contribution >= 4 is 17.8 Å². The van der Waals surface area contributed by atoms with E-state index in [-0.39, 0.29) is 29.2 Å². The zero-order valence-electron chi connectivity index (χ0n) is 22.7. The van der Waals surface area contributed by atoms with E-state index in [2.05, 4.69) is 39.9 Å². The number of imide groups is 1. The summed E-state index contributed by atoms with van der Waals surface area (Å²) in [5, 5.41) is 3.13. The fraction of sp³-hybridized carbons (Fsp3) is 0.679. The number of amides is 4. The van der Waals surface area contributed by atoms with Crippen molar-refractivity contribution in [2.45, 2.75) is 71.3 Å². The van der Waals surface area contributed by atoms with Gasteiger partial charge in [-0.05, 0) is 74.7 Å². The van der Waals surface area contributed by atoms with Crippen molar-refractivity contribution in [1.82, 2.24) is 20.0 Å². The minimum Gasteiger partial charge on any atom is -0.339 e. The Kier molecular flexibility index (Phi) is 8.30. The monoisotopic (exact) mass is 484 g/mol. The Hall–Kier alpha value is -2.41. The topological polar surface area (TPSA) is 73.0 Å². The van der Waals surface area contributed by atoms with E-state index in [1.165, 1.54) is 10.5 Å². The molecule has 2 fully saturated rings. The van der Waals surface area contributed by atoms with Crippen LogP contribution in [0.3, 0.4) is 0 Å². The maximum absolute atomic E-state index is 13.7. The summed E-state index contributed by atoms with van der Waals surface area (Å²) in [5.41, 5.74) is 1.08. The van der Waals surface area contributed by atoms with Crippen molar-refractivity contribution in [3.05, 3.63) is 35.4 Å². The quantitative estimate of drug-likeness (QED) is 0.563. The molecule has 1 aromatic rings. The molecule has 0 aromatic heterocycles. The number of piperidine rings is 1. The van der Waals surface area contributed by atoms with Gasteiger partial charge in [0.15, 0.2) is 0 Å². The van der Waals surface area contributed by atoms with Gasteiger partial charge in [0.1, 0.15) is 5.54 Å². The third-order valence-electron chi connectivity index (χ3n) is 7.57. The van der Waals surface area contributed by atoms with Gasteiger partial charge in [-0.15, -0.1) is 0 Å². The van der Waals surface area contributed by atoms with Gasteiger partial charge in [0.25, 0.3) is 11.8 Å². The fourth-order valence-electron chi connectivity index (χ4n) is 5.19. The van der Waals surface area contributed by atoms with Crippen LogP contribution in [0.5, 0.6) is 0 Å². The smallest absolute Gasteiger partial charge is 0.325 e. The molecule has 0 unspecified atom stereocenters. The first kappa shape index (κ1) is 27.2. The van der Waals surface area contributed by atoms with Crippen molar-refractivity contribution < 1.29 is 14.4 Å². The van der Waals surface area contributed by atoms with Crippen LogP contribution in [0.25, 0.3) is 0 Å². The lowest BCUT2D eigenvalue weighted by Crippen LogP contribution is -2.56. The molecule has 2 saturated heterocycles. The number of rotatable bonds is 8. The number of likely N-dealkylation sites (tertiary alicyclic amines) is 1. The standard InChI is InChI=1S/C28H44N4O3/c1-20(2)12-15-28(25(34)32(26(35)29-28)19-18-30(6)7)23-13-16-31(17-14-23)24(33)21-8-10-22(11-9-21)27(3,4)5/h8-11,20,23H,12-19H2,1-7H3,(H,29,35)/t28-/m0/s1. The first-order chi connectivity index (χ1) is 16.3. The van der Waals surface area contributed by atoms with E-state index in [1.807, 2.05) is 48.2 Å². The summed E-state index contributed by atoms with van der Waals surface area (Å²) in [7, 11) is 3.88. The van der Waals surface area contributed by atoms with Gasteiger partial charge in [0.2, 0.25) is 0 Å². The van der Waals surface area contributed by atoms with Gasteiger partial charge in [-0.1, -0.05) is 46.8 Å². The van der Waals surface area contributed by atoms with Crippen LogP contribution < -0.4 is 5.32 Å². The molecule has 0 bridgehead atoms. The lowest BCUT2D eigenvalue weighted by atomic mass is 9.73. The van der Waals surface area contributed by atoms with Crippen molar-refractivity contribution in [2.75, 3.05) is 40.3 Å². The van der Waals surface area contributed by atoms with Crippen molar-refractivity contribution in [3.63, 3.8) is 0 Å². The average molecular weight is 485 g/mol. The average Bonchev–Trinajstić information content (AvgIpc) is 3.05. The predicted molar refractivity (Wildman–Crippen MR) is 139 cm³/mol. The van der Waals surface area contributed by atoms with Gasteiger partial charge < -0.3 is 15.1 Å². The molecule has 1 aromatic carbocycles. The molecule has 0 spiro atoms. The first-order valence-corrected chi connectivity index (χ1v) is 13.0. The normalized spacial score (nSPS) is 21.9. The molecule has 7 nitrogen and oxygen atoms in total. The molecule has 2 heterocycles. The molecule has 0 radical (unpaired) electrons. The number of carbonyl (C=O) groups is 3. The molecule has 0 aliphatic carbocycles. The van der Waals surface area contributed by atoms with Crippen LogP contribution in [0.1, 0.15) is 76.2 Å². The summed E-state index contributed by atoms with van der Waals surface area (Å²) in [4.78, 5) is 45.0. The zero-order chi connectivity index (χ0) is 26.0. The highest BCUT2D eigenvalue weighted by Crippen LogP contribution is 2.38. The van der Waals surface area contributed by atoms with Gasteiger partial charge in [-0.2, -0.15) is 0 Å². The number of hydrogen-bond donors (Lipinski definition) is 1. The van der Waals surface area contributed by atoms with E-state index >= 15 is 0 Å². The minimum absolute atomic E-state index is 0.0226. The van der Waals surface area contributed by atoms with Crippen LogP contribution in [-0.2, 0) is 10.2 Å². The maximum Gasteiger partial charge on any atom is 0.325 e. The van der Waals surface area contributed by atoms with Gasteiger partial charge in [-0.3, -0.25) is 14.5 Å². The molecule has 3 rings (SSSR count). The van der Waals surface area contributed by atoms with E-state index < -0.39 is 5.54 Å². The summed E-state index contributed by atoms with van der Waals surface area (Å²) >= 11 is 0. The highest BCUT2D eigenvalue weighted by Gasteiger charge is 2.55. The highest BCUT2D eigenvalue weighted by molar-refractivity contribution is 6.07. The van der Waals surface area contributed by atoms with Crippen LogP contribution in [0.15, 0.2) is 24.3 Å². The predicted octanol–water partition coefficient (Wildman–Crippen LogP) is 4.12. The molecule has 1 N–H and O–H groups in total. The molecule has 2 aliphatic rings. The first-order valence-electron chi connectivity index (χ1n) is 13.0. The van der Waals surface area contributed by atoms with E-state index in [1.54, 1.807) is 0 Å². The Balaban J connectivity index is 1.72. The van der Waals surface area contributed by atoms with E-state index in [9.17, 15) is 14.4 Å². The third-order valence-corrected chi connectivity index (χ3v) is 7.57. The van der Waals surface area contributed by atoms with Gasteiger partial charge in [0.05, 0.1) is 0 Å². The second-order valence-electron chi connectivity index (χ2n) is 12.0. The number of urea groups is 1. The molecule has 1 atom stereocenters. The third kappa shape index (κ3) is 6.05. The molecule has 194 valence electrons. The Morgan fingerprint density at radius 3 is 2.23 bits per heavy atom. The largest absolute Gasteiger partial charge is 0.339 e. The molecule has 7 heteroatoms. The summed E-state index contributed by atoms with van der Waals surface area (Å²) in [6, 6.07) is 7.63. The van der Waals surface area contributed by atoms with E-state index in [4.69, 9.17) is 0 Å². The highest BCUT2D eigenvalue weighted by atomic mass is 16.2. The lowest BCUT2D eigenvalue weighted by molar-refractivity contribution is -0.134. The number of carbonyl (C=O) groups excluding carboxylic acids is 3. The summed E-state index contributed by atoms with van der Waals surface area (Å²) in [6.07, 6.45) is 2.92. The van der Waals surface area contributed by atoms with Crippen molar-refractivity contribution in [3.8, 4) is 0 Å². The summed E-state index contributed by atoms with van der Waals surface area (Å²) < 4.78 is 0. The molecule has 35 heavy (non-hydrogen) atoms. The minimum atomic E-state index is -0.864. The van der Waals surface area contributed by atoms with Crippen LogP contribution in [0.2, 0.25) is 0 Å². The van der Waals surface area contributed by atoms with Crippen LogP contribution in [0.4, 0.5) is 4.79 Å². The number of likely N-dealkylation sites (N-methyl/N-ethyl adjacent to an activating group) is 1. The molecule has 0 saturated carbocycles. The Morgan fingerprint density at radius 2 is 1.71 bits per heavy atom. The number of hydrogen-bond acceptors (Lipinski definition) is 4. The Bertz CT molecular complexity index is 911. The number of benzene rings is 1. The summed E-state index contributed by atoms with van der Waals surface area (Å²) in [6.45, 7) is 13.0. The van der Waals surface area contributed by atoms with E-state index in [0.717, 1.165) is 6.42 Å². The van der Waals surface area contributed by atoms with Crippen molar-refractivity contribution in [2.24, 2.45) is 11.8 Å². The van der Waals surface area contributed by atoms with Gasteiger partial charge >= 0.3 is 6.03 Å². The van der Waals surface area contributed by atoms with Gasteiger partial charge in [0, 0.05) is 31.7 Å². The lowest BCUT2D eigenvalue weighted by Gasteiger charge is -2.41. The molecular formula is C28H44N4O3. The zero-order valence-corrected chi connectivity index (χ0v) is 22.7. The van der Waals surface area contributed by atoms with Gasteiger partial charge in [-0.25, -0.2) is 4.79 Å². The number of nitrogens with one attached hydrogen (secondary N) is 1. The van der Waals surface area contributed by atoms with Crippen LogP contribution >= 0.6 is 0 Å². The van der Waals surface area contributed by atoms with Crippen LogP contribution in [-0.4, -0.2) is 78.4 Å². The SMILES string of the molecule is CC(C)CC[C@@]1(C2CCN(C(=O)c3ccc(C(C)(C)C)cc3)CC2)NC(=O)N(CCN(C)C)C1=O. The Labute approximate surface area is 211 Å².